The third kappa shape index (κ3) is 3.88. The topological polar surface area (TPSA) is 49.8 Å². The van der Waals surface area contributed by atoms with Crippen molar-refractivity contribution in [3.05, 3.63) is 29.8 Å². The number of benzene rings is 1. The zero-order chi connectivity index (χ0) is 19.0. The number of carbonyl (C=O) groups excluding carboxylic acids is 1. The summed E-state index contributed by atoms with van der Waals surface area (Å²) >= 11 is 0. The van der Waals surface area contributed by atoms with E-state index in [0.29, 0.717) is 44.3 Å². The lowest BCUT2D eigenvalue weighted by Gasteiger charge is -2.40. The first-order valence-electron chi connectivity index (χ1n) is 8.85. The molecule has 7 heteroatoms. The van der Waals surface area contributed by atoms with Gasteiger partial charge >= 0.3 is 6.18 Å². The maximum atomic E-state index is 13.0. The normalized spacial score (nSPS) is 29.6. The summed E-state index contributed by atoms with van der Waals surface area (Å²) in [5, 5.41) is 10.5. The van der Waals surface area contributed by atoms with Crippen LogP contribution in [0.1, 0.15) is 37.7 Å². The lowest BCUT2D eigenvalue weighted by Crippen LogP contribution is -2.45. The molecule has 1 amide bonds. The van der Waals surface area contributed by atoms with E-state index in [1.165, 1.54) is 12.1 Å². The number of ether oxygens (including phenoxy) is 1. The van der Waals surface area contributed by atoms with Crippen LogP contribution in [0.2, 0.25) is 0 Å². The number of carbonyl (C=O) groups is 1. The van der Waals surface area contributed by atoms with Gasteiger partial charge < -0.3 is 14.7 Å². The summed E-state index contributed by atoms with van der Waals surface area (Å²) in [5.74, 6) is 0.0144. The molecule has 1 saturated carbocycles. The average Bonchev–Trinajstić information content (AvgIpc) is 2.88. The van der Waals surface area contributed by atoms with Crippen LogP contribution >= 0.6 is 0 Å². The lowest BCUT2D eigenvalue weighted by atomic mass is 9.68. The Morgan fingerprint density at radius 3 is 2.27 bits per heavy atom. The van der Waals surface area contributed by atoms with Gasteiger partial charge in [0.05, 0.1) is 24.0 Å². The van der Waals surface area contributed by atoms with Crippen molar-refractivity contribution in [1.82, 2.24) is 0 Å². The molecule has 1 heterocycles. The first kappa shape index (κ1) is 19.2. The SMILES string of the molecule is COC[C@]1(O)CC[C@]2(CCN(c3ccc(CC(F)(F)F)cc3)C2=O)CC1. The van der Waals surface area contributed by atoms with Gasteiger partial charge in [0.25, 0.3) is 0 Å². The first-order chi connectivity index (χ1) is 12.2. The molecule has 1 aromatic rings. The monoisotopic (exact) mass is 371 g/mol. The molecular formula is C19H24F3NO3. The van der Waals surface area contributed by atoms with Gasteiger partial charge in [-0.05, 0) is 49.8 Å². The molecule has 1 aromatic carbocycles. The number of hydrogen-bond donors (Lipinski definition) is 1. The van der Waals surface area contributed by atoms with Crippen molar-refractivity contribution >= 4 is 11.6 Å². The van der Waals surface area contributed by atoms with E-state index in [1.54, 1.807) is 24.1 Å². The predicted molar refractivity (Wildman–Crippen MR) is 90.9 cm³/mol. The Labute approximate surface area is 150 Å². The van der Waals surface area contributed by atoms with Gasteiger partial charge in [-0.3, -0.25) is 4.79 Å². The van der Waals surface area contributed by atoms with Gasteiger partial charge in [0.15, 0.2) is 0 Å². The van der Waals surface area contributed by atoms with E-state index in [0.717, 1.165) is 0 Å². The molecule has 0 radical (unpaired) electrons. The van der Waals surface area contributed by atoms with E-state index in [2.05, 4.69) is 0 Å². The van der Waals surface area contributed by atoms with Crippen LogP contribution in [0, 0.1) is 5.41 Å². The van der Waals surface area contributed by atoms with E-state index in [-0.39, 0.29) is 18.1 Å². The quantitative estimate of drug-likeness (QED) is 0.882. The summed E-state index contributed by atoms with van der Waals surface area (Å²) < 4.78 is 42.5. The molecule has 4 nitrogen and oxygen atoms in total. The average molecular weight is 371 g/mol. The van der Waals surface area contributed by atoms with Crippen molar-refractivity contribution < 1.29 is 27.8 Å². The molecule has 1 aliphatic carbocycles. The van der Waals surface area contributed by atoms with Crippen molar-refractivity contribution in [2.75, 3.05) is 25.2 Å². The van der Waals surface area contributed by atoms with Crippen LogP contribution in [0.15, 0.2) is 24.3 Å². The first-order valence-corrected chi connectivity index (χ1v) is 8.85. The molecule has 2 aliphatic rings. The van der Waals surface area contributed by atoms with Gasteiger partial charge in [-0.2, -0.15) is 13.2 Å². The smallest absolute Gasteiger partial charge is 0.387 e. The van der Waals surface area contributed by atoms with E-state index < -0.39 is 23.6 Å². The van der Waals surface area contributed by atoms with Gasteiger partial charge in [0.2, 0.25) is 5.91 Å². The minimum absolute atomic E-state index is 0.0144. The van der Waals surface area contributed by atoms with E-state index in [4.69, 9.17) is 4.74 Å². The fourth-order valence-electron chi connectivity index (χ4n) is 4.16. The summed E-state index contributed by atoms with van der Waals surface area (Å²) in [7, 11) is 1.55. The molecule has 0 bridgehead atoms. The Morgan fingerprint density at radius 1 is 1.12 bits per heavy atom. The molecule has 0 unspecified atom stereocenters. The van der Waals surface area contributed by atoms with Crippen LogP contribution in [0.5, 0.6) is 0 Å². The van der Waals surface area contributed by atoms with Crippen LogP contribution in [0.25, 0.3) is 0 Å². The van der Waals surface area contributed by atoms with Gasteiger partial charge in [0, 0.05) is 19.3 Å². The van der Waals surface area contributed by atoms with Crippen LogP contribution in [-0.2, 0) is 16.0 Å². The maximum absolute atomic E-state index is 13.0. The van der Waals surface area contributed by atoms with E-state index in [9.17, 15) is 23.1 Å². The van der Waals surface area contributed by atoms with Crippen molar-refractivity contribution in [1.29, 1.82) is 0 Å². The highest BCUT2D eigenvalue weighted by molar-refractivity contribution is 6.00. The summed E-state index contributed by atoms with van der Waals surface area (Å²) in [5.41, 5.74) is -0.516. The third-order valence-corrected chi connectivity index (χ3v) is 5.72. The number of nitrogens with zero attached hydrogens (tertiary/aromatic N) is 1. The zero-order valence-corrected chi connectivity index (χ0v) is 14.8. The number of amides is 1. The fourth-order valence-corrected chi connectivity index (χ4v) is 4.16. The number of rotatable bonds is 4. The highest BCUT2D eigenvalue weighted by Crippen LogP contribution is 2.48. The van der Waals surface area contributed by atoms with Gasteiger partial charge in [-0.1, -0.05) is 12.1 Å². The molecule has 1 spiro atoms. The second-order valence-electron chi connectivity index (χ2n) is 7.60. The summed E-state index contributed by atoms with van der Waals surface area (Å²) in [6.07, 6.45) is -2.25. The molecular weight excluding hydrogens is 347 g/mol. The highest BCUT2D eigenvalue weighted by atomic mass is 19.4. The Balaban J connectivity index is 1.68. The molecule has 0 aromatic heterocycles. The predicted octanol–water partition coefficient (Wildman–Crippen LogP) is 3.47. The summed E-state index contributed by atoms with van der Waals surface area (Å²) in [6, 6.07) is 6.03. The Hall–Kier alpha value is -1.60. The lowest BCUT2D eigenvalue weighted by molar-refractivity contribution is -0.133. The summed E-state index contributed by atoms with van der Waals surface area (Å²) in [6.45, 7) is 0.821. The van der Waals surface area contributed by atoms with E-state index in [1.807, 2.05) is 0 Å². The molecule has 26 heavy (non-hydrogen) atoms. The summed E-state index contributed by atoms with van der Waals surface area (Å²) in [4.78, 5) is 14.7. The number of alkyl halides is 3. The number of hydrogen-bond acceptors (Lipinski definition) is 3. The molecule has 2 fully saturated rings. The zero-order valence-electron chi connectivity index (χ0n) is 14.8. The second-order valence-corrected chi connectivity index (χ2v) is 7.60. The maximum Gasteiger partial charge on any atom is 0.393 e. The minimum Gasteiger partial charge on any atom is -0.387 e. The van der Waals surface area contributed by atoms with Gasteiger partial charge in [-0.25, -0.2) is 0 Å². The highest BCUT2D eigenvalue weighted by Gasteiger charge is 2.51. The minimum atomic E-state index is -4.24. The fraction of sp³-hybridized carbons (Fsp3) is 0.632. The third-order valence-electron chi connectivity index (χ3n) is 5.72. The number of methoxy groups -OCH3 is 1. The Kier molecular flexibility index (Phi) is 5.05. The van der Waals surface area contributed by atoms with Crippen molar-refractivity contribution in [2.24, 2.45) is 5.41 Å². The van der Waals surface area contributed by atoms with Gasteiger partial charge in [-0.15, -0.1) is 0 Å². The number of anilines is 1. The van der Waals surface area contributed by atoms with Crippen molar-refractivity contribution in [2.45, 2.75) is 50.3 Å². The standard InChI is InChI=1S/C19H24F3NO3/c1-26-13-18(25)8-6-17(7-9-18)10-11-23(16(17)24)15-4-2-14(3-5-15)12-19(20,21)22/h2-5,25H,6-13H2,1H3/t17-,18+. The largest absolute Gasteiger partial charge is 0.393 e. The van der Waals surface area contributed by atoms with Crippen LogP contribution in [0.4, 0.5) is 18.9 Å². The van der Waals surface area contributed by atoms with Crippen molar-refractivity contribution in [3.63, 3.8) is 0 Å². The Bertz CT molecular complexity index is 649. The van der Waals surface area contributed by atoms with Crippen LogP contribution < -0.4 is 4.90 Å². The van der Waals surface area contributed by atoms with Crippen LogP contribution in [-0.4, -0.2) is 43.1 Å². The molecule has 144 valence electrons. The Morgan fingerprint density at radius 2 is 1.73 bits per heavy atom. The molecule has 1 saturated heterocycles. The van der Waals surface area contributed by atoms with E-state index >= 15 is 0 Å². The molecule has 1 aliphatic heterocycles. The number of aliphatic hydroxyl groups is 1. The molecule has 1 N–H and O–H groups in total. The second kappa shape index (κ2) is 6.85. The van der Waals surface area contributed by atoms with Crippen molar-refractivity contribution in [3.8, 4) is 0 Å². The molecule has 3 rings (SSSR count). The van der Waals surface area contributed by atoms with Crippen LogP contribution in [0.3, 0.4) is 0 Å². The number of halogens is 3. The van der Waals surface area contributed by atoms with Gasteiger partial charge in [0.1, 0.15) is 0 Å². The molecule has 0 atom stereocenters.